The topological polar surface area (TPSA) is 43.6 Å². The van der Waals surface area contributed by atoms with Crippen LogP contribution in [0, 0.1) is 0 Å². The summed E-state index contributed by atoms with van der Waals surface area (Å²) in [7, 11) is 0. The zero-order valence-electron chi connectivity index (χ0n) is 29.0. The molecule has 0 amide bonds. The zero-order valence-corrected chi connectivity index (χ0v) is 29.8. The molecule has 5 heteroatoms. The van der Waals surface area contributed by atoms with E-state index in [0.717, 1.165) is 27.9 Å². The molecule has 0 unspecified atom stereocenters. The van der Waals surface area contributed by atoms with Crippen molar-refractivity contribution in [1.29, 1.82) is 0 Å². The van der Waals surface area contributed by atoms with Crippen molar-refractivity contribution in [3.63, 3.8) is 0 Å². The molecule has 0 atom stereocenters. The van der Waals surface area contributed by atoms with Crippen molar-refractivity contribution in [2.75, 3.05) is 0 Å². The lowest BCUT2D eigenvalue weighted by Gasteiger charge is -2.12. The van der Waals surface area contributed by atoms with Gasteiger partial charge < -0.3 is 4.57 Å². The first-order chi connectivity index (χ1) is 26.8. The normalized spacial score (nSPS) is 11.7. The first-order valence-corrected chi connectivity index (χ1v) is 18.9. The molecule has 0 radical (unpaired) electrons. The van der Waals surface area contributed by atoms with E-state index in [-0.39, 0.29) is 0 Å². The van der Waals surface area contributed by atoms with E-state index in [1.807, 2.05) is 47.7 Å². The third-order valence-corrected chi connectivity index (χ3v) is 11.6. The molecule has 0 aliphatic rings. The van der Waals surface area contributed by atoms with Crippen LogP contribution in [-0.2, 0) is 0 Å². The van der Waals surface area contributed by atoms with Gasteiger partial charge in [-0.1, -0.05) is 146 Å². The average molecular weight is 707 g/mol. The number of thiophene rings is 1. The maximum absolute atomic E-state index is 5.07. The van der Waals surface area contributed by atoms with Crippen LogP contribution >= 0.6 is 11.3 Å². The van der Waals surface area contributed by atoms with Crippen LogP contribution in [0.2, 0.25) is 0 Å². The smallest absolute Gasteiger partial charge is 0.164 e. The fourth-order valence-electron chi connectivity index (χ4n) is 7.95. The van der Waals surface area contributed by atoms with Crippen molar-refractivity contribution in [3.8, 4) is 51.0 Å². The predicted octanol–water partition coefficient (Wildman–Crippen LogP) is 13.2. The van der Waals surface area contributed by atoms with Crippen molar-refractivity contribution in [1.82, 2.24) is 19.5 Å². The second-order valence-corrected chi connectivity index (χ2v) is 14.6. The van der Waals surface area contributed by atoms with Crippen LogP contribution in [-0.4, -0.2) is 19.5 Å². The van der Waals surface area contributed by atoms with E-state index in [1.54, 1.807) is 0 Å². The van der Waals surface area contributed by atoms with Gasteiger partial charge in [0.05, 0.1) is 15.7 Å². The number of para-hydroxylation sites is 1. The molecule has 0 aliphatic heterocycles. The highest BCUT2D eigenvalue weighted by Crippen LogP contribution is 2.47. The molecule has 11 aromatic rings. The number of fused-ring (bicyclic) bond motifs is 10. The van der Waals surface area contributed by atoms with Gasteiger partial charge in [-0.15, -0.1) is 11.3 Å². The van der Waals surface area contributed by atoms with Gasteiger partial charge in [-0.25, -0.2) is 15.0 Å². The Labute approximate surface area is 315 Å². The van der Waals surface area contributed by atoms with Gasteiger partial charge in [0.15, 0.2) is 17.5 Å². The van der Waals surface area contributed by atoms with Crippen LogP contribution < -0.4 is 0 Å². The van der Waals surface area contributed by atoms with Gasteiger partial charge in [0.25, 0.3) is 0 Å². The average Bonchev–Trinajstić information content (AvgIpc) is 3.82. The minimum absolute atomic E-state index is 0.637. The van der Waals surface area contributed by atoms with E-state index in [2.05, 4.69) is 150 Å². The molecule has 54 heavy (non-hydrogen) atoms. The Bertz CT molecular complexity index is 3180. The van der Waals surface area contributed by atoms with Gasteiger partial charge in [0, 0.05) is 48.6 Å². The van der Waals surface area contributed by atoms with E-state index >= 15 is 0 Å². The molecule has 3 aromatic heterocycles. The number of benzene rings is 8. The highest BCUT2D eigenvalue weighted by molar-refractivity contribution is 7.27. The van der Waals surface area contributed by atoms with Crippen molar-refractivity contribution >= 4 is 64.1 Å². The van der Waals surface area contributed by atoms with Gasteiger partial charge in [0.1, 0.15) is 0 Å². The Morgan fingerprint density at radius 1 is 0.352 bits per heavy atom. The Morgan fingerprint density at radius 2 is 0.796 bits per heavy atom. The number of hydrogen-bond donors (Lipinski definition) is 0. The third-order valence-electron chi connectivity index (χ3n) is 10.5. The maximum Gasteiger partial charge on any atom is 0.164 e. The highest BCUT2D eigenvalue weighted by Gasteiger charge is 2.22. The fraction of sp³-hybridized carbons (Fsp3) is 0. The molecule has 4 nitrogen and oxygen atoms in total. The number of aromatic nitrogens is 4. The van der Waals surface area contributed by atoms with Crippen LogP contribution in [0.15, 0.2) is 182 Å². The molecule has 0 bridgehead atoms. The van der Waals surface area contributed by atoms with Gasteiger partial charge in [-0.05, 0) is 58.3 Å². The Hall–Kier alpha value is -6.95. The van der Waals surface area contributed by atoms with Crippen molar-refractivity contribution in [3.05, 3.63) is 182 Å². The van der Waals surface area contributed by atoms with E-state index in [0.29, 0.717) is 17.5 Å². The SMILES string of the molecule is c1ccc(-c2ccc(-c3nc(-c4ccccc4)nc(-c4ccc(-n5c6ccccc6c6c7ccccc7c7c8ccccc8sc7c65)cc4)n3)cc2)cc1. The lowest BCUT2D eigenvalue weighted by atomic mass is 9.99. The first-order valence-electron chi connectivity index (χ1n) is 18.1. The summed E-state index contributed by atoms with van der Waals surface area (Å²) in [5.74, 6) is 1.93. The predicted molar refractivity (Wildman–Crippen MR) is 226 cm³/mol. The highest BCUT2D eigenvalue weighted by atomic mass is 32.1. The maximum atomic E-state index is 5.07. The zero-order chi connectivity index (χ0) is 35.6. The minimum atomic E-state index is 0.637. The number of nitrogens with zero attached hydrogens (tertiary/aromatic N) is 4. The molecule has 0 saturated heterocycles. The monoisotopic (exact) mass is 706 g/mol. The van der Waals surface area contributed by atoms with Crippen LogP contribution in [0.1, 0.15) is 0 Å². The van der Waals surface area contributed by atoms with Crippen molar-refractivity contribution < 1.29 is 0 Å². The molecular weight excluding hydrogens is 677 g/mol. The van der Waals surface area contributed by atoms with Crippen LogP contribution in [0.4, 0.5) is 0 Å². The summed E-state index contributed by atoms with van der Waals surface area (Å²) >= 11 is 1.88. The third kappa shape index (κ3) is 4.86. The standard InChI is InChI=1S/C49H30N4S/c1-3-13-31(14-4-1)32-23-25-34(26-24-32)48-50-47(33-15-5-2-6-16-33)51-49(52-48)35-27-29-36(30-28-35)53-41-21-11-9-19-39(41)43-37-17-7-8-18-38(37)44-40-20-10-12-22-42(40)54-46(44)45(43)53/h1-30H. The second kappa shape index (κ2) is 12.3. The number of rotatable bonds is 5. The lowest BCUT2D eigenvalue weighted by Crippen LogP contribution is -2.00. The molecule has 0 fully saturated rings. The molecule has 0 N–H and O–H groups in total. The minimum Gasteiger partial charge on any atom is -0.308 e. The number of hydrogen-bond acceptors (Lipinski definition) is 4. The van der Waals surface area contributed by atoms with Crippen LogP contribution in [0.25, 0.3) is 104 Å². The first kappa shape index (κ1) is 30.7. The molecule has 11 rings (SSSR count). The van der Waals surface area contributed by atoms with Crippen molar-refractivity contribution in [2.24, 2.45) is 0 Å². The van der Waals surface area contributed by atoms with E-state index in [1.165, 1.54) is 58.3 Å². The van der Waals surface area contributed by atoms with Gasteiger partial charge in [-0.2, -0.15) is 0 Å². The van der Waals surface area contributed by atoms with Gasteiger partial charge >= 0.3 is 0 Å². The Morgan fingerprint density at radius 3 is 1.44 bits per heavy atom. The Balaban J connectivity index is 1.09. The summed E-state index contributed by atoms with van der Waals surface area (Å²) in [6.07, 6.45) is 0. The molecule has 0 aliphatic carbocycles. The molecule has 8 aromatic carbocycles. The van der Waals surface area contributed by atoms with E-state index in [9.17, 15) is 0 Å². The summed E-state index contributed by atoms with van der Waals surface area (Å²) in [4.78, 5) is 15.1. The Kier molecular flexibility index (Phi) is 7.00. The molecular formula is C49H30N4S. The van der Waals surface area contributed by atoms with Gasteiger partial charge in [0.2, 0.25) is 0 Å². The second-order valence-electron chi connectivity index (χ2n) is 13.6. The summed E-state index contributed by atoms with van der Waals surface area (Å²) in [6, 6.07) is 64.2. The molecule has 252 valence electrons. The summed E-state index contributed by atoms with van der Waals surface area (Å²) in [6.45, 7) is 0. The van der Waals surface area contributed by atoms with Crippen molar-refractivity contribution in [2.45, 2.75) is 0 Å². The van der Waals surface area contributed by atoms with Crippen LogP contribution in [0.5, 0.6) is 0 Å². The van der Waals surface area contributed by atoms with E-state index in [4.69, 9.17) is 15.0 Å². The fourth-order valence-corrected chi connectivity index (χ4v) is 9.21. The van der Waals surface area contributed by atoms with Crippen LogP contribution in [0.3, 0.4) is 0 Å². The summed E-state index contributed by atoms with van der Waals surface area (Å²) < 4.78 is 5.05. The van der Waals surface area contributed by atoms with E-state index < -0.39 is 0 Å². The quantitative estimate of drug-likeness (QED) is 0.179. The lowest BCUT2D eigenvalue weighted by molar-refractivity contribution is 1.07. The van der Waals surface area contributed by atoms with Gasteiger partial charge in [-0.3, -0.25) is 0 Å². The molecule has 3 heterocycles. The summed E-state index contributed by atoms with van der Waals surface area (Å²) in [5.41, 5.74) is 8.66. The summed E-state index contributed by atoms with van der Waals surface area (Å²) in [5, 5.41) is 7.74. The largest absolute Gasteiger partial charge is 0.308 e. The molecule has 0 spiro atoms. The molecule has 0 saturated carbocycles.